The van der Waals surface area contributed by atoms with Crippen LogP contribution < -0.4 is 0 Å². The van der Waals surface area contributed by atoms with Gasteiger partial charge in [-0.25, -0.2) is 4.79 Å². The van der Waals surface area contributed by atoms with Crippen molar-refractivity contribution >= 4 is 5.97 Å². The molecule has 2 aromatic carbocycles. The Morgan fingerprint density at radius 3 is 2.20 bits per heavy atom. The van der Waals surface area contributed by atoms with Crippen LogP contribution in [0.25, 0.3) is 0 Å². The van der Waals surface area contributed by atoms with Gasteiger partial charge >= 0.3 is 5.97 Å². The van der Waals surface area contributed by atoms with Crippen LogP contribution in [0.4, 0.5) is 0 Å². The molecule has 0 aliphatic carbocycles. The molecular formula is C25H34N2O3. The van der Waals surface area contributed by atoms with Gasteiger partial charge in [0.2, 0.25) is 0 Å². The van der Waals surface area contributed by atoms with Crippen molar-refractivity contribution in [1.82, 2.24) is 9.80 Å². The number of likely N-dealkylation sites (N-methyl/N-ethyl adjacent to an activating group) is 1. The summed E-state index contributed by atoms with van der Waals surface area (Å²) in [6, 6.07) is 20.5. The maximum Gasteiger partial charge on any atom is 0.336 e. The van der Waals surface area contributed by atoms with Crippen LogP contribution in [0.5, 0.6) is 0 Å². The van der Waals surface area contributed by atoms with Gasteiger partial charge in [-0.15, -0.1) is 6.58 Å². The monoisotopic (exact) mass is 410 g/mol. The van der Waals surface area contributed by atoms with Crippen LogP contribution in [0.2, 0.25) is 0 Å². The van der Waals surface area contributed by atoms with Crippen LogP contribution in [-0.2, 0) is 20.8 Å². The molecule has 0 heterocycles. The smallest absolute Gasteiger partial charge is 0.336 e. The maximum atomic E-state index is 12.5. The van der Waals surface area contributed by atoms with Gasteiger partial charge in [0.25, 0.3) is 0 Å². The van der Waals surface area contributed by atoms with Crippen LogP contribution in [0, 0.1) is 0 Å². The van der Waals surface area contributed by atoms with Gasteiger partial charge in [0, 0.05) is 32.8 Å². The summed E-state index contributed by atoms with van der Waals surface area (Å²) in [6.45, 7) is 8.15. The van der Waals surface area contributed by atoms with E-state index in [0.29, 0.717) is 13.1 Å². The summed E-state index contributed by atoms with van der Waals surface area (Å²) in [5, 5.41) is 0. The van der Waals surface area contributed by atoms with Crippen molar-refractivity contribution in [3.05, 3.63) is 84.4 Å². The highest BCUT2D eigenvalue weighted by atomic mass is 16.6. The molecule has 5 heteroatoms. The molecule has 0 aliphatic heterocycles. The molecular weight excluding hydrogens is 376 g/mol. The minimum atomic E-state index is -0.700. The first-order chi connectivity index (χ1) is 14.5. The molecule has 0 spiro atoms. The first kappa shape index (κ1) is 23.8. The van der Waals surface area contributed by atoms with E-state index in [9.17, 15) is 4.79 Å². The lowest BCUT2D eigenvalue weighted by Crippen LogP contribution is -2.53. The molecule has 2 rings (SSSR count). The van der Waals surface area contributed by atoms with E-state index in [2.05, 4.69) is 47.6 Å². The average Bonchev–Trinajstić information content (AvgIpc) is 2.79. The van der Waals surface area contributed by atoms with Crippen molar-refractivity contribution in [2.45, 2.75) is 31.7 Å². The number of carbonyl (C=O) groups is 1. The normalized spacial score (nSPS) is 14.3. The standard InChI is InChI=1S/C25H34N2O3/c1-6-17-27(18-21-13-9-7-10-14-21)19-23(24(29-4)25(28)30-5)26(3)20(2)22-15-11-8-12-16-22/h6-16,20,23-24H,1,17-19H2,2-5H3/t20-,23-,24-/m0/s1. The van der Waals surface area contributed by atoms with Crippen molar-refractivity contribution in [1.29, 1.82) is 0 Å². The van der Waals surface area contributed by atoms with Gasteiger partial charge in [-0.2, -0.15) is 0 Å². The highest BCUT2D eigenvalue weighted by Crippen LogP contribution is 2.24. The fourth-order valence-corrected chi connectivity index (χ4v) is 3.71. The quantitative estimate of drug-likeness (QED) is 0.392. The van der Waals surface area contributed by atoms with Gasteiger partial charge in [-0.05, 0) is 25.1 Å². The Morgan fingerprint density at radius 2 is 1.67 bits per heavy atom. The molecule has 5 nitrogen and oxygen atoms in total. The fourth-order valence-electron chi connectivity index (χ4n) is 3.71. The predicted octanol–water partition coefficient (Wildman–Crippen LogP) is 3.92. The van der Waals surface area contributed by atoms with Crippen LogP contribution in [0.15, 0.2) is 73.3 Å². The Bertz CT molecular complexity index is 766. The number of rotatable bonds is 12. The summed E-state index contributed by atoms with van der Waals surface area (Å²) in [7, 11) is 4.99. The molecule has 0 amide bonds. The number of carbonyl (C=O) groups excluding carboxylic acids is 1. The molecule has 0 radical (unpaired) electrons. The predicted molar refractivity (Wildman–Crippen MR) is 121 cm³/mol. The Hall–Kier alpha value is -2.47. The lowest BCUT2D eigenvalue weighted by Gasteiger charge is -2.39. The first-order valence-electron chi connectivity index (χ1n) is 10.3. The first-order valence-corrected chi connectivity index (χ1v) is 10.3. The van der Waals surface area contributed by atoms with Crippen LogP contribution in [0.1, 0.15) is 24.1 Å². The zero-order chi connectivity index (χ0) is 21.9. The number of ether oxygens (including phenoxy) is 2. The second-order valence-electron chi connectivity index (χ2n) is 7.47. The molecule has 0 saturated carbocycles. The number of methoxy groups -OCH3 is 2. The minimum Gasteiger partial charge on any atom is -0.467 e. The van der Waals surface area contributed by atoms with E-state index in [1.807, 2.05) is 49.5 Å². The second-order valence-corrected chi connectivity index (χ2v) is 7.47. The topological polar surface area (TPSA) is 42.0 Å². The van der Waals surface area contributed by atoms with E-state index in [1.165, 1.54) is 18.2 Å². The zero-order valence-electron chi connectivity index (χ0n) is 18.5. The van der Waals surface area contributed by atoms with Crippen LogP contribution >= 0.6 is 0 Å². The van der Waals surface area contributed by atoms with Gasteiger partial charge < -0.3 is 9.47 Å². The molecule has 0 aliphatic rings. The maximum absolute atomic E-state index is 12.5. The Kier molecular flexibility index (Phi) is 9.74. The van der Waals surface area contributed by atoms with Gasteiger partial charge in [-0.1, -0.05) is 66.7 Å². The summed E-state index contributed by atoms with van der Waals surface area (Å²) < 4.78 is 10.7. The Balaban J connectivity index is 2.30. The number of hydrogen-bond donors (Lipinski definition) is 0. The number of hydrogen-bond acceptors (Lipinski definition) is 5. The van der Waals surface area contributed by atoms with Crippen LogP contribution in [-0.4, -0.2) is 62.3 Å². The molecule has 0 unspecified atom stereocenters. The molecule has 0 fully saturated rings. The Labute approximate surface area is 180 Å². The molecule has 162 valence electrons. The third kappa shape index (κ3) is 6.52. The average molecular weight is 411 g/mol. The molecule has 3 atom stereocenters. The molecule has 0 aromatic heterocycles. The van der Waals surface area contributed by atoms with Crippen molar-refractivity contribution in [2.75, 3.05) is 34.4 Å². The molecule has 0 saturated heterocycles. The largest absolute Gasteiger partial charge is 0.467 e. The van der Waals surface area contributed by atoms with Crippen LogP contribution in [0.3, 0.4) is 0 Å². The van der Waals surface area contributed by atoms with Gasteiger partial charge in [0.1, 0.15) is 0 Å². The van der Waals surface area contributed by atoms with E-state index >= 15 is 0 Å². The number of esters is 1. The summed E-state index contributed by atoms with van der Waals surface area (Å²) in [4.78, 5) is 17.0. The number of benzene rings is 2. The van der Waals surface area contributed by atoms with E-state index in [0.717, 1.165) is 6.54 Å². The van der Waals surface area contributed by atoms with Crippen molar-refractivity contribution in [3.63, 3.8) is 0 Å². The summed E-state index contributed by atoms with van der Waals surface area (Å²) in [5.41, 5.74) is 2.40. The summed E-state index contributed by atoms with van der Waals surface area (Å²) >= 11 is 0. The third-order valence-electron chi connectivity index (χ3n) is 5.53. The van der Waals surface area contributed by atoms with Crippen molar-refractivity contribution in [2.24, 2.45) is 0 Å². The highest BCUT2D eigenvalue weighted by molar-refractivity contribution is 5.75. The van der Waals surface area contributed by atoms with Gasteiger partial charge in [-0.3, -0.25) is 9.80 Å². The minimum absolute atomic E-state index is 0.0980. The van der Waals surface area contributed by atoms with E-state index in [4.69, 9.17) is 9.47 Å². The fraction of sp³-hybridized carbons (Fsp3) is 0.400. The Morgan fingerprint density at radius 1 is 1.07 bits per heavy atom. The third-order valence-corrected chi connectivity index (χ3v) is 5.53. The van der Waals surface area contributed by atoms with E-state index < -0.39 is 6.10 Å². The second kappa shape index (κ2) is 12.3. The SMILES string of the molecule is C=CCN(Cc1ccccc1)C[C@@H]([C@H](OC)C(=O)OC)N(C)[C@@H](C)c1ccccc1. The molecule has 30 heavy (non-hydrogen) atoms. The van der Waals surface area contributed by atoms with Gasteiger partial charge in [0.05, 0.1) is 13.2 Å². The number of nitrogens with zero attached hydrogens (tertiary/aromatic N) is 2. The summed E-state index contributed by atoms with van der Waals surface area (Å²) in [6.07, 6.45) is 1.19. The molecule has 0 bridgehead atoms. The highest BCUT2D eigenvalue weighted by Gasteiger charge is 2.35. The lowest BCUT2D eigenvalue weighted by atomic mass is 10.0. The zero-order valence-corrected chi connectivity index (χ0v) is 18.5. The molecule has 2 aromatic rings. The van der Waals surface area contributed by atoms with Gasteiger partial charge in [0.15, 0.2) is 6.10 Å². The van der Waals surface area contributed by atoms with E-state index in [-0.39, 0.29) is 18.1 Å². The lowest BCUT2D eigenvalue weighted by molar-refractivity contribution is -0.157. The summed E-state index contributed by atoms with van der Waals surface area (Å²) in [5.74, 6) is -0.368. The molecule has 0 N–H and O–H groups in total. The van der Waals surface area contributed by atoms with E-state index in [1.54, 1.807) is 7.11 Å². The van der Waals surface area contributed by atoms with Crippen molar-refractivity contribution < 1.29 is 14.3 Å². The van der Waals surface area contributed by atoms with Crippen molar-refractivity contribution in [3.8, 4) is 0 Å².